The van der Waals surface area contributed by atoms with Crippen molar-refractivity contribution in [2.75, 3.05) is 13.2 Å². The van der Waals surface area contributed by atoms with Gasteiger partial charge in [-0.1, -0.05) is 6.07 Å². The standard InChI is InChI=1S/C21H25F3N2O4S/c1-26-13-15(12-25-26)14-2-5-20(19(10-14)21(22,23)24)31(27,28)18-4-3-17(11-18)30-16-6-8-29-9-7-16/h2,5,10,12-13,16-18H,3-4,6-9,11H2,1H3/t17-,18-/m1/s1. The normalized spacial score (nSPS) is 23.4. The van der Waals surface area contributed by atoms with Crippen molar-refractivity contribution >= 4 is 9.84 Å². The molecular formula is C21H25F3N2O4S. The molecule has 6 nitrogen and oxygen atoms in total. The van der Waals surface area contributed by atoms with Crippen LogP contribution in [0.2, 0.25) is 0 Å². The van der Waals surface area contributed by atoms with Gasteiger partial charge in [-0.25, -0.2) is 8.42 Å². The minimum atomic E-state index is -4.79. The van der Waals surface area contributed by atoms with Gasteiger partial charge in [-0.3, -0.25) is 4.68 Å². The van der Waals surface area contributed by atoms with Crippen LogP contribution in [0.4, 0.5) is 13.2 Å². The summed E-state index contributed by atoms with van der Waals surface area (Å²) in [7, 11) is -2.51. The van der Waals surface area contributed by atoms with Crippen molar-refractivity contribution in [3.8, 4) is 11.1 Å². The molecule has 1 aromatic heterocycles. The zero-order valence-electron chi connectivity index (χ0n) is 17.1. The van der Waals surface area contributed by atoms with Crippen LogP contribution in [0, 0.1) is 0 Å². The molecule has 10 heteroatoms. The number of hydrogen-bond acceptors (Lipinski definition) is 5. The number of benzene rings is 1. The van der Waals surface area contributed by atoms with Crippen molar-refractivity contribution in [1.29, 1.82) is 0 Å². The maximum Gasteiger partial charge on any atom is 0.417 e. The van der Waals surface area contributed by atoms with Gasteiger partial charge in [0.2, 0.25) is 0 Å². The molecule has 1 aromatic carbocycles. The van der Waals surface area contributed by atoms with Gasteiger partial charge in [-0.05, 0) is 49.8 Å². The molecule has 2 aliphatic rings. The van der Waals surface area contributed by atoms with E-state index >= 15 is 0 Å². The lowest BCUT2D eigenvalue weighted by molar-refractivity contribution is -0.139. The lowest BCUT2D eigenvalue weighted by atomic mass is 10.1. The molecule has 2 aromatic rings. The van der Waals surface area contributed by atoms with Gasteiger partial charge in [0, 0.05) is 32.0 Å². The summed E-state index contributed by atoms with van der Waals surface area (Å²) in [5.74, 6) is 0. The van der Waals surface area contributed by atoms with Gasteiger partial charge >= 0.3 is 6.18 Å². The smallest absolute Gasteiger partial charge is 0.381 e. The Morgan fingerprint density at radius 2 is 1.84 bits per heavy atom. The lowest BCUT2D eigenvalue weighted by Gasteiger charge is -2.26. The third kappa shape index (κ3) is 4.80. The highest BCUT2D eigenvalue weighted by atomic mass is 32.2. The number of aromatic nitrogens is 2. The van der Waals surface area contributed by atoms with Crippen molar-refractivity contribution in [3.63, 3.8) is 0 Å². The zero-order chi connectivity index (χ0) is 22.2. The predicted octanol–water partition coefficient (Wildman–Crippen LogP) is 4.00. The van der Waals surface area contributed by atoms with Crippen LogP contribution in [-0.2, 0) is 32.5 Å². The lowest BCUT2D eigenvalue weighted by Crippen LogP contribution is -2.28. The molecule has 0 unspecified atom stereocenters. The minimum Gasteiger partial charge on any atom is -0.381 e. The zero-order valence-corrected chi connectivity index (χ0v) is 18.0. The molecule has 0 amide bonds. The van der Waals surface area contributed by atoms with Gasteiger partial charge in [0.1, 0.15) is 0 Å². The first-order valence-electron chi connectivity index (χ1n) is 10.3. The van der Waals surface area contributed by atoms with Crippen LogP contribution in [0.1, 0.15) is 37.7 Å². The summed E-state index contributed by atoms with van der Waals surface area (Å²) in [4.78, 5) is -0.663. The van der Waals surface area contributed by atoms with Gasteiger partial charge in [0.15, 0.2) is 9.84 Å². The average molecular weight is 459 g/mol. The monoisotopic (exact) mass is 458 g/mol. The highest BCUT2D eigenvalue weighted by molar-refractivity contribution is 7.92. The van der Waals surface area contributed by atoms with E-state index in [1.807, 2.05) is 0 Å². The fourth-order valence-electron chi connectivity index (χ4n) is 4.32. The van der Waals surface area contributed by atoms with E-state index in [4.69, 9.17) is 9.47 Å². The molecule has 2 heterocycles. The molecule has 4 rings (SSSR count). The van der Waals surface area contributed by atoms with Crippen LogP contribution in [-0.4, -0.2) is 48.9 Å². The third-order valence-corrected chi connectivity index (χ3v) is 8.23. The third-order valence-electron chi connectivity index (χ3n) is 5.96. The summed E-state index contributed by atoms with van der Waals surface area (Å²) >= 11 is 0. The molecule has 0 spiro atoms. The van der Waals surface area contributed by atoms with E-state index in [0.29, 0.717) is 25.2 Å². The highest BCUT2D eigenvalue weighted by Crippen LogP contribution is 2.41. The van der Waals surface area contributed by atoms with Crippen molar-refractivity contribution in [2.45, 2.75) is 60.6 Å². The fraction of sp³-hybridized carbons (Fsp3) is 0.571. The van der Waals surface area contributed by atoms with Crippen LogP contribution >= 0.6 is 0 Å². The summed E-state index contributed by atoms with van der Waals surface area (Å²) in [5, 5.41) is 3.08. The molecule has 170 valence electrons. The SMILES string of the molecule is Cn1cc(-c2ccc(S(=O)(=O)[C@@H]3CC[C@@H](OC4CCOCC4)C3)c(C(F)(F)F)c2)cn1. The van der Waals surface area contributed by atoms with Crippen LogP contribution in [0.3, 0.4) is 0 Å². The van der Waals surface area contributed by atoms with Crippen LogP contribution in [0.25, 0.3) is 11.1 Å². The van der Waals surface area contributed by atoms with E-state index < -0.39 is 31.7 Å². The molecule has 2 atom stereocenters. The Hall–Kier alpha value is -1.91. The first-order valence-corrected chi connectivity index (χ1v) is 11.9. The van der Waals surface area contributed by atoms with Crippen molar-refractivity contribution in [3.05, 3.63) is 36.2 Å². The first kappa shape index (κ1) is 22.3. The van der Waals surface area contributed by atoms with E-state index in [2.05, 4.69) is 5.10 Å². The molecule has 1 aliphatic carbocycles. The molecule has 1 aliphatic heterocycles. The van der Waals surface area contributed by atoms with Crippen molar-refractivity contribution in [1.82, 2.24) is 9.78 Å². The Morgan fingerprint density at radius 3 is 2.48 bits per heavy atom. The summed E-state index contributed by atoms with van der Waals surface area (Å²) in [5.41, 5.74) is -0.378. The van der Waals surface area contributed by atoms with Crippen LogP contribution < -0.4 is 0 Å². The van der Waals surface area contributed by atoms with E-state index in [9.17, 15) is 21.6 Å². The van der Waals surface area contributed by atoms with Crippen molar-refractivity contribution < 1.29 is 31.1 Å². The summed E-state index contributed by atoms with van der Waals surface area (Å²) in [6.45, 7) is 1.22. The molecule has 2 fully saturated rings. The second-order valence-electron chi connectivity index (χ2n) is 8.16. The Balaban J connectivity index is 1.58. The van der Waals surface area contributed by atoms with Gasteiger partial charge in [0.25, 0.3) is 0 Å². The number of rotatable bonds is 5. The number of ether oxygens (including phenoxy) is 2. The second kappa shape index (κ2) is 8.55. The average Bonchev–Trinajstić information content (AvgIpc) is 3.37. The van der Waals surface area contributed by atoms with Gasteiger partial charge in [-0.15, -0.1) is 0 Å². The van der Waals surface area contributed by atoms with E-state index in [-0.39, 0.29) is 30.6 Å². The Kier molecular flexibility index (Phi) is 6.15. The van der Waals surface area contributed by atoms with Gasteiger partial charge < -0.3 is 9.47 Å². The predicted molar refractivity (Wildman–Crippen MR) is 107 cm³/mol. The number of alkyl halides is 3. The molecule has 0 N–H and O–H groups in total. The van der Waals surface area contributed by atoms with E-state index in [0.717, 1.165) is 25.0 Å². The summed E-state index contributed by atoms with van der Waals surface area (Å²) < 4.78 is 80.7. The topological polar surface area (TPSA) is 70.4 Å². The van der Waals surface area contributed by atoms with E-state index in [1.54, 1.807) is 13.2 Å². The Bertz CT molecular complexity index is 1030. The highest BCUT2D eigenvalue weighted by Gasteiger charge is 2.43. The molecule has 1 saturated heterocycles. The molecule has 0 bridgehead atoms. The van der Waals surface area contributed by atoms with Crippen molar-refractivity contribution in [2.24, 2.45) is 7.05 Å². The number of sulfone groups is 1. The number of aryl methyl sites for hydroxylation is 1. The maximum atomic E-state index is 13.8. The summed E-state index contributed by atoms with van der Waals surface area (Å²) in [6.07, 6.45) is 0.519. The number of hydrogen-bond donors (Lipinski definition) is 0. The van der Waals surface area contributed by atoms with E-state index in [1.165, 1.54) is 16.9 Å². The fourth-order valence-corrected chi connectivity index (χ4v) is 6.33. The largest absolute Gasteiger partial charge is 0.417 e. The Morgan fingerprint density at radius 1 is 1.10 bits per heavy atom. The Labute approximate surface area is 179 Å². The summed E-state index contributed by atoms with van der Waals surface area (Å²) in [6, 6.07) is 3.38. The van der Waals surface area contributed by atoms with Crippen LogP contribution in [0.5, 0.6) is 0 Å². The minimum absolute atomic E-state index is 0.0182. The van der Waals surface area contributed by atoms with Gasteiger partial charge in [-0.2, -0.15) is 18.3 Å². The quantitative estimate of drug-likeness (QED) is 0.678. The second-order valence-corrected chi connectivity index (χ2v) is 10.4. The molecular weight excluding hydrogens is 433 g/mol. The maximum absolute atomic E-state index is 13.8. The molecule has 31 heavy (non-hydrogen) atoms. The number of nitrogens with zero attached hydrogens (tertiary/aromatic N) is 2. The van der Waals surface area contributed by atoms with Crippen LogP contribution in [0.15, 0.2) is 35.5 Å². The first-order chi connectivity index (χ1) is 14.6. The number of halogens is 3. The molecule has 1 saturated carbocycles. The molecule has 0 radical (unpaired) electrons. The van der Waals surface area contributed by atoms with Gasteiger partial charge in [0.05, 0.1) is 34.1 Å².